The van der Waals surface area contributed by atoms with Crippen molar-refractivity contribution >= 4 is 33.5 Å². The minimum Gasteiger partial charge on any atom is -0.489 e. The van der Waals surface area contributed by atoms with E-state index in [-0.39, 0.29) is 24.2 Å². The van der Waals surface area contributed by atoms with Crippen molar-refractivity contribution in [3.63, 3.8) is 0 Å². The van der Waals surface area contributed by atoms with Gasteiger partial charge in [0.05, 0.1) is 30.7 Å². The molecule has 8 heteroatoms. The lowest BCUT2D eigenvalue weighted by Crippen LogP contribution is -2.39. The number of likely N-dealkylation sites (tertiary alicyclic amines) is 1. The number of amides is 1. The minimum atomic E-state index is -0.545. The number of hydrogen-bond donors (Lipinski definition) is 0. The average molecular weight is 535 g/mol. The van der Waals surface area contributed by atoms with Gasteiger partial charge in [-0.3, -0.25) is 4.79 Å². The Balaban J connectivity index is 1.46. The number of thiophene rings is 1. The topological polar surface area (TPSA) is 88.9 Å². The molecule has 1 aromatic heterocycles. The zero-order valence-corrected chi connectivity index (χ0v) is 23.3. The summed E-state index contributed by atoms with van der Waals surface area (Å²) in [5.41, 5.74) is 0.919. The standard InChI is InChI=1S/C30H34N2O5S/c1-6-35-28(33)26(16-25-15-22-14-20(17-31)7-12-27(22)38-25)21-8-10-23(11-9-21)36-24-13-19(2)32(18-24)29(34)37-30(3,4)5/h7-12,14-15,19,24,26H,6,13,16,18H2,1-5H3/t19-,24+,26?/m1/s1. The van der Waals surface area contributed by atoms with Crippen molar-refractivity contribution in [1.29, 1.82) is 5.26 Å². The molecule has 1 amide bonds. The summed E-state index contributed by atoms with van der Waals surface area (Å²) in [6.07, 6.45) is 0.756. The molecule has 3 atom stereocenters. The molecule has 7 nitrogen and oxygen atoms in total. The van der Waals surface area contributed by atoms with Crippen LogP contribution in [0.2, 0.25) is 0 Å². The van der Waals surface area contributed by atoms with E-state index in [1.165, 1.54) is 0 Å². The number of carbonyl (C=O) groups is 2. The largest absolute Gasteiger partial charge is 0.489 e. The van der Waals surface area contributed by atoms with Gasteiger partial charge in [-0.1, -0.05) is 12.1 Å². The third-order valence-electron chi connectivity index (χ3n) is 6.42. The van der Waals surface area contributed by atoms with Crippen LogP contribution in [-0.4, -0.2) is 47.9 Å². The van der Waals surface area contributed by atoms with E-state index in [0.717, 1.165) is 20.5 Å². The van der Waals surface area contributed by atoms with Gasteiger partial charge in [-0.2, -0.15) is 5.26 Å². The fraction of sp³-hybridized carbons (Fsp3) is 0.433. The molecule has 1 unspecified atom stereocenters. The summed E-state index contributed by atoms with van der Waals surface area (Å²) in [7, 11) is 0. The van der Waals surface area contributed by atoms with Crippen LogP contribution in [0.25, 0.3) is 10.1 Å². The van der Waals surface area contributed by atoms with Crippen molar-refractivity contribution < 1.29 is 23.8 Å². The lowest BCUT2D eigenvalue weighted by molar-refractivity contribution is -0.144. The van der Waals surface area contributed by atoms with Crippen LogP contribution < -0.4 is 4.74 Å². The highest BCUT2D eigenvalue weighted by atomic mass is 32.1. The molecule has 200 valence electrons. The predicted octanol–water partition coefficient (Wildman–Crippen LogP) is 6.44. The van der Waals surface area contributed by atoms with E-state index in [0.29, 0.717) is 37.3 Å². The lowest BCUT2D eigenvalue weighted by Gasteiger charge is -2.26. The van der Waals surface area contributed by atoms with E-state index in [4.69, 9.17) is 14.2 Å². The molecule has 4 rings (SSSR count). The Morgan fingerprint density at radius 3 is 2.55 bits per heavy atom. The molecule has 0 N–H and O–H groups in total. The molecule has 0 saturated carbocycles. The maximum Gasteiger partial charge on any atom is 0.410 e. The van der Waals surface area contributed by atoms with Gasteiger partial charge in [-0.15, -0.1) is 11.3 Å². The zero-order valence-electron chi connectivity index (χ0n) is 22.5. The summed E-state index contributed by atoms with van der Waals surface area (Å²) in [6, 6.07) is 17.4. The van der Waals surface area contributed by atoms with Crippen LogP contribution in [0.5, 0.6) is 5.75 Å². The number of fused-ring (bicyclic) bond motifs is 1. The van der Waals surface area contributed by atoms with E-state index >= 15 is 0 Å². The number of nitrogens with zero attached hydrogens (tertiary/aromatic N) is 2. The van der Waals surface area contributed by atoms with E-state index in [1.807, 2.05) is 76.2 Å². The first-order valence-electron chi connectivity index (χ1n) is 12.9. The third-order valence-corrected chi connectivity index (χ3v) is 7.56. The summed E-state index contributed by atoms with van der Waals surface area (Å²) in [4.78, 5) is 28.2. The molecule has 1 aliphatic heterocycles. The van der Waals surface area contributed by atoms with E-state index in [2.05, 4.69) is 6.07 Å². The maximum absolute atomic E-state index is 12.9. The van der Waals surface area contributed by atoms with Crippen LogP contribution in [0.4, 0.5) is 4.79 Å². The number of hydrogen-bond acceptors (Lipinski definition) is 7. The summed E-state index contributed by atoms with van der Waals surface area (Å²) in [6.45, 7) is 10.1. The summed E-state index contributed by atoms with van der Waals surface area (Å²) in [5, 5.41) is 10.2. The van der Waals surface area contributed by atoms with Gasteiger partial charge in [-0.25, -0.2) is 4.79 Å². The van der Waals surface area contributed by atoms with Gasteiger partial charge in [0.1, 0.15) is 17.5 Å². The Morgan fingerprint density at radius 2 is 1.89 bits per heavy atom. The predicted molar refractivity (Wildman–Crippen MR) is 147 cm³/mol. The van der Waals surface area contributed by atoms with Gasteiger partial charge in [0.15, 0.2) is 0 Å². The fourth-order valence-corrected chi connectivity index (χ4v) is 5.75. The summed E-state index contributed by atoms with van der Waals surface area (Å²) in [5.74, 6) is -0.0406. The second-order valence-electron chi connectivity index (χ2n) is 10.6. The average Bonchev–Trinajstić information content (AvgIpc) is 3.44. The van der Waals surface area contributed by atoms with Crippen LogP contribution >= 0.6 is 11.3 Å². The molecule has 38 heavy (non-hydrogen) atoms. The minimum absolute atomic E-state index is 0.0212. The zero-order chi connectivity index (χ0) is 27.4. The Morgan fingerprint density at radius 1 is 1.16 bits per heavy atom. The number of carbonyl (C=O) groups excluding carboxylic acids is 2. The summed E-state index contributed by atoms with van der Waals surface area (Å²) >= 11 is 1.62. The first-order chi connectivity index (χ1) is 18.1. The molecule has 0 aliphatic carbocycles. The second kappa shape index (κ2) is 11.4. The molecule has 0 bridgehead atoms. The number of nitriles is 1. The third kappa shape index (κ3) is 6.65. The van der Waals surface area contributed by atoms with Gasteiger partial charge >= 0.3 is 12.1 Å². The van der Waals surface area contributed by atoms with Gasteiger partial charge in [0, 0.05) is 22.0 Å². The summed E-state index contributed by atoms with van der Waals surface area (Å²) < 4.78 is 18.2. The Bertz CT molecular complexity index is 1340. The highest BCUT2D eigenvalue weighted by molar-refractivity contribution is 7.19. The van der Waals surface area contributed by atoms with Crippen LogP contribution in [0.1, 0.15) is 63.0 Å². The van der Waals surface area contributed by atoms with Gasteiger partial charge < -0.3 is 19.1 Å². The molecular formula is C30H34N2O5S. The van der Waals surface area contributed by atoms with Crippen molar-refractivity contribution in [2.75, 3.05) is 13.2 Å². The van der Waals surface area contributed by atoms with Crippen molar-refractivity contribution in [1.82, 2.24) is 4.90 Å². The number of rotatable bonds is 7. The Hall–Kier alpha value is -3.57. The van der Waals surface area contributed by atoms with Gasteiger partial charge in [0.2, 0.25) is 0 Å². The van der Waals surface area contributed by atoms with Gasteiger partial charge in [-0.05, 0) is 88.4 Å². The first kappa shape index (κ1) is 27.5. The second-order valence-corrected chi connectivity index (χ2v) is 11.8. The molecule has 2 heterocycles. The van der Waals surface area contributed by atoms with E-state index in [1.54, 1.807) is 23.2 Å². The number of esters is 1. The normalized spacial score (nSPS) is 18.2. The molecule has 1 aliphatic rings. The lowest BCUT2D eigenvalue weighted by atomic mass is 9.94. The first-order valence-corrected chi connectivity index (χ1v) is 13.7. The van der Waals surface area contributed by atoms with Gasteiger partial charge in [0.25, 0.3) is 0 Å². The maximum atomic E-state index is 12.9. The Kier molecular flexibility index (Phi) is 8.27. The van der Waals surface area contributed by atoms with Crippen LogP contribution in [0.15, 0.2) is 48.5 Å². The van der Waals surface area contributed by atoms with E-state index < -0.39 is 11.5 Å². The molecule has 1 saturated heterocycles. The monoisotopic (exact) mass is 534 g/mol. The highest BCUT2D eigenvalue weighted by Gasteiger charge is 2.36. The van der Waals surface area contributed by atoms with Crippen molar-refractivity contribution in [3.8, 4) is 11.8 Å². The number of ether oxygens (including phenoxy) is 3. The molecule has 0 radical (unpaired) electrons. The van der Waals surface area contributed by atoms with Crippen LogP contribution in [0.3, 0.4) is 0 Å². The quantitative estimate of drug-likeness (QED) is 0.324. The van der Waals surface area contributed by atoms with Crippen molar-refractivity contribution in [2.24, 2.45) is 0 Å². The van der Waals surface area contributed by atoms with Crippen LogP contribution in [-0.2, 0) is 20.7 Å². The van der Waals surface area contributed by atoms with Crippen LogP contribution in [0, 0.1) is 11.3 Å². The molecule has 0 spiro atoms. The molecule has 2 aromatic carbocycles. The SMILES string of the molecule is CCOC(=O)C(Cc1cc2cc(C#N)ccc2s1)c1ccc(O[C@H]2C[C@@H](C)N(C(=O)OC(C)(C)C)C2)cc1. The number of benzene rings is 2. The highest BCUT2D eigenvalue weighted by Crippen LogP contribution is 2.33. The van der Waals surface area contributed by atoms with E-state index in [9.17, 15) is 14.9 Å². The Labute approximate surface area is 227 Å². The fourth-order valence-electron chi connectivity index (χ4n) is 4.66. The van der Waals surface area contributed by atoms with Crippen molar-refractivity contribution in [3.05, 3.63) is 64.5 Å². The smallest absolute Gasteiger partial charge is 0.410 e. The molecule has 1 fully saturated rings. The molecular weight excluding hydrogens is 500 g/mol. The van der Waals surface area contributed by atoms with Crippen molar-refractivity contribution in [2.45, 2.75) is 71.1 Å². The molecule has 3 aromatic rings.